The van der Waals surface area contributed by atoms with Gasteiger partial charge in [0.1, 0.15) is 0 Å². The van der Waals surface area contributed by atoms with Crippen molar-refractivity contribution in [3.63, 3.8) is 0 Å². The minimum absolute atomic E-state index is 0. The Labute approximate surface area is 257 Å². The van der Waals surface area contributed by atoms with E-state index >= 15 is 0 Å². The molecule has 0 spiro atoms. The fraction of sp³-hybridized carbons (Fsp3) is 0.114. The minimum Gasteiger partial charge on any atom is -0.0746 e. The summed E-state index contributed by atoms with van der Waals surface area (Å²) in [6, 6.07) is 56.0. The average Bonchev–Trinajstić information content (AvgIpc) is 3.04. The molecule has 0 aliphatic carbocycles. The molecule has 0 N–H and O–H groups in total. The van der Waals surface area contributed by atoms with Gasteiger partial charge < -0.3 is 0 Å². The Bertz CT molecular complexity index is 1200. The van der Waals surface area contributed by atoms with Crippen LogP contribution in [0.3, 0.4) is 0 Å². The van der Waals surface area contributed by atoms with E-state index in [2.05, 4.69) is 158 Å². The van der Waals surface area contributed by atoms with Gasteiger partial charge in [0.15, 0.2) is 0 Å². The van der Waals surface area contributed by atoms with E-state index in [1.54, 1.807) is 5.30 Å². The molecule has 5 aromatic carbocycles. The van der Waals surface area contributed by atoms with Gasteiger partial charge in [-0.15, -0.1) is 0 Å². The third kappa shape index (κ3) is 9.44. The second-order valence-corrected chi connectivity index (χ2v) is 16.1. The molecule has 1 nitrogen and oxygen atoms in total. The molecule has 0 amide bonds. The molecule has 200 valence electrons. The summed E-state index contributed by atoms with van der Waals surface area (Å²) in [5.41, 5.74) is 0. The van der Waals surface area contributed by atoms with Crippen molar-refractivity contribution in [3.05, 3.63) is 158 Å². The van der Waals surface area contributed by atoms with Crippen LogP contribution in [-0.4, -0.2) is 24.6 Å². The van der Waals surface area contributed by atoms with E-state index in [9.17, 15) is 0 Å². The van der Waals surface area contributed by atoms with Gasteiger partial charge in [0.25, 0.3) is 0 Å². The van der Waals surface area contributed by atoms with Crippen molar-refractivity contribution in [2.24, 2.45) is 0 Å². The van der Waals surface area contributed by atoms with E-state index in [0.29, 0.717) is 0 Å². The Hall–Kier alpha value is -2.18. The molecule has 5 heteroatoms. The van der Waals surface area contributed by atoms with Gasteiger partial charge in [-0.3, -0.25) is 0 Å². The first-order valence-electron chi connectivity index (χ1n) is 13.1. The van der Waals surface area contributed by atoms with Crippen molar-refractivity contribution in [1.29, 1.82) is 0 Å². The SMILES string of the molecule is [C-]#[O+].[W].c1ccc(P(CCP(c2ccccc2)c2ccccc2)CCP(c2ccccc2)c2ccccc2)cc1. The summed E-state index contributed by atoms with van der Waals surface area (Å²) in [4.78, 5) is 0. The van der Waals surface area contributed by atoms with Gasteiger partial charge >= 0.3 is 11.3 Å². The monoisotopic (exact) mass is 746 g/mol. The zero-order valence-corrected chi connectivity index (χ0v) is 28.0. The van der Waals surface area contributed by atoms with Crippen molar-refractivity contribution in [2.45, 2.75) is 0 Å². The third-order valence-corrected chi connectivity index (χ3v) is 14.9. The molecule has 40 heavy (non-hydrogen) atoms. The Morgan fingerprint density at radius 3 is 0.825 bits per heavy atom. The molecule has 5 aromatic rings. The zero-order chi connectivity index (χ0) is 27.1. The maximum absolute atomic E-state index is 7.50. The molecule has 0 unspecified atom stereocenters. The Kier molecular flexibility index (Phi) is 14.8. The summed E-state index contributed by atoms with van der Waals surface area (Å²) in [6.07, 6.45) is 5.00. The van der Waals surface area contributed by atoms with Crippen molar-refractivity contribution >= 4 is 50.3 Å². The molecule has 0 radical (unpaired) electrons. The normalized spacial score (nSPS) is 10.5. The molecule has 5 rings (SSSR count). The van der Waals surface area contributed by atoms with Gasteiger partial charge in [0.05, 0.1) is 0 Å². The third-order valence-electron chi connectivity index (χ3n) is 6.58. The molecule has 0 bridgehead atoms. The molecule has 0 saturated heterocycles. The summed E-state index contributed by atoms with van der Waals surface area (Å²) in [5, 5.41) is 7.50. The Balaban J connectivity index is 0.00000144. The molecule has 0 aromatic heterocycles. The summed E-state index contributed by atoms with van der Waals surface area (Å²) in [5.74, 6) is 0. The first kappa shape index (κ1) is 32.3. The van der Waals surface area contributed by atoms with Crippen LogP contribution in [0.1, 0.15) is 0 Å². The van der Waals surface area contributed by atoms with E-state index < -0.39 is 0 Å². The van der Waals surface area contributed by atoms with Crippen LogP contribution >= 0.6 is 23.8 Å². The van der Waals surface area contributed by atoms with Crippen LogP contribution in [-0.2, 0) is 25.7 Å². The van der Waals surface area contributed by atoms with Crippen molar-refractivity contribution in [1.82, 2.24) is 0 Å². The molecule has 0 aliphatic heterocycles. The van der Waals surface area contributed by atoms with E-state index in [4.69, 9.17) is 4.65 Å². The topological polar surface area (TPSA) is 19.9 Å². The molecule has 0 saturated carbocycles. The first-order valence-corrected chi connectivity index (χ1v) is 17.9. The van der Waals surface area contributed by atoms with Crippen molar-refractivity contribution in [2.75, 3.05) is 24.6 Å². The number of rotatable bonds is 11. The van der Waals surface area contributed by atoms with Crippen molar-refractivity contribution < 1.29 is 25.7 Å². The fourth-order valence-corrected chi connectivity index (χ4v) is 13.3. The second kappa shape index (κ2) is 18.3. The van der Waals surface area contributed by atoms with Gasteiger partial charge in [0.2, 0.25) is 0 Å². The van der Waals surface area contributed by atoms with Crippen LogP contribution in [0, 0.1) is 6.65 Å². The predicted octanol–water partition coefficient (Wildman–Crippen LogP) is 7.02. The second-order valence-electron chi connectivity index (χ2n) is 8.97. The summed E-state index contributed by atoms with van der Waals surface area (Å²) >= 11 is 0. The standard InChI is InChI=1S/C34H33P3.CO.W/c1-6-16-30(17-7-1)35(26-28-36(31-18-8-2-9-19-31)32-20-10-3-11-21-32)27-29-37(33-22-12-4-13-23-33)34-24-14-5-15-25-34;1-2;/h1-25H,26-29H2;;. The molecular weight excluding hydrogens is 713 g/mol. The maximum atomic E-state index is 7.50. The van der Waals surface area contributed by atoms with Crippen LogP contribution < -0.4 is 26.5 Å². The van der Waals surface area contributed by atoms with Crippen LogP contribution in [0.2, 0.25) is 0 Å². The Morgan fingerprint density at radius 2 is 0.575 bits per heavy atom. The van der Waals surface area contributed by atoms with Gasteiger partial charge in [-0.25, -0.2) is 0 Å². The molecular formula is C35H33OP3W. The van der Waals surface area contributed by atoms with Gasteiger partial charge in [-0.2, -0.15) is 0 Å². The van der Waals surface area contributed by atoms with E-state index in [-0.39, 0.29) is 44.8 Å². The van der Waals surface area contributed by atoms with E-state index in [1.165, 1.54) is 45.9 Å². The number of benzene rings is 5. The molecule has 0 atom stereocenters. The fourth-order valence-electron chi connectivity index (χ4n) is 4.70. The average molecular weight is 746 g/mol. The quantitative estimate of drug-likeness (QED) is 0.0788. The predicted molar refractivity (Wildman–Crippen MR) is 175 cm³/mol. The molecule has 0 heterocycles. The van der Waals surface area contributed by atoms with Gasteiger partial charge in [-0.1, -0.05) is 160 Å². The largest absolute Gasteiger partial charge is 0.0746 e. The van der Waals surface area contributed by atoms with Crippen LogP contribution in [0.4, 0.5) is 0 Å². The van der Waals surface area contributed by atoms with E-state index in [1.807, 2.05) is 0 Å². The molecule has 0 aliphatic rings. The summed E-state index contributed by atoms with van der Waals surface area (Å²) in [7, 11) is -0.982. The van der Waals surface area contributed by atoms with Gasteiger partial charge in [0, 0.05) is 21.1 Å². The van der Waals surface area contributed by atoms with Crippen LogP contribution in [0.5, 0.6) is 0 Å². The van der Waals surface area contributed by atoms with Crippen LogP contribution in [0.15, 0.2) is 152 Å². The number of hydrogen-bond donors (Lipinski definition) is 0. The van der Waals surface area contributed by atoms with E-state index in [0.717, 1.165) is 0 Å². The smallest absolute Gasteiger partial charge is 0 e. The summed E-state index contributed by atoms with van der Waals surface area (Å²) in [6.45, 7) is 4.50. The molecule has 0 fully saturated rings. The zero-order valence-electron chi connectivity index (χ0n) is 22.4. The number of hydrogen-bond acceptors (Lipinski definition) is 0. The van der Waals surface area contributed by atoms with Crippen LogP contribution in [0.25, 0.3) is 0 Å². The van der Waals surface area contributed by atoms with Crippen molar-refractivity contribution in [3.8, 4) is 0 Å². The van der Waals surface area contributed by atoms with Gasteiger partial charge in [-0.05, 0) is 67.0 Å². The minimum atomic E-state index is -0.366. The Morgan fingerprint density at radius 1 is 0.350 bits per heavy atom. The summed E-state index contributed by atoms with van der Waals surface area (Å²) < 4.78 is 7.50. The maximum Gasteiger partial charge on any atom is 0 e. The first-order chi connectivity index (χ1) is 19.4.